The van der Waals surface area contributed by atoms with Crippen LogP contribution in [0, 0.1) is 0 Å². The van der Waals surface area contributed by atoms with Gasteiger partial charge in [0.15, 0.2) is 18.5 Å². The highest BCUT2D eigenvalue weighted by molar-refractivity contribution is 5.67. The van der Waals surface area contributed by atoms with Gasteiger partial charge in [0.25, 0.3) is 0 Å². The molecule has 1 aliphatic rings. The van der Waals surface area contributed by atoms with Crippen LogP contribution in [0.4, 0.5) is 0 Å². The summed E-state index contributed by atoms with van der Waals surface area (Å²) in [7, 11) is 0. The second-order valence-electron chi connectivity index (χ2n) is 3.40. The van der Waals surface area contributed by atoms with E-state index in [-0.39, 0.29) is 0 Å². The number of carbonyl (C=O) groups is 2. The highest BCUT2D eigenvalue weighted by Crippen LogP contribution is 2.25. The van der Waals surface area contributed by atoms with Crippen LogP contribution in [-0.4, -0.2) is 53.4 Å². The molecule has 1 heterocycles. The minimum Gasteiger partial charge on any atom is -0.455 e. The van der Waals surface area contributed by atoms with Gasteiger partial charge in [0.05, 0.1) is 6.61 Å². The lowest BCUT2D eigenvalue weighted by Crippen LogP contribution is -2.40. The van der Waals surface area contributed by atoms with Crippen molar-refractivity contribution in [3.05, 3.63) is 0 Å². The fourth-order valence-corrected chi connectivity index (χ4v) is 1.51. The first kappa shape index (κ1) is 12.9. The van der Waals surface area contributed by atoms with Crippen molar-refractivity contribution in [3.8, 4) is 0 Å². The summed E-state index contributed by atoms with van der Waals surface area (Å²) in [6, 6.07) is 0. The molecule has 16 heavy (non-hydrogen) atoms. The summed E-state index contributed by atoms with van der Waals surface area (Å²) in [6.45, 7) is 1.88. The molecule has 7 heteroatoms. The molecule has 1 rings (SSSR count). The van der Waals surface area contributed by atoms with Crippen molar-refractivity contribution in [1.29, 1.82) is 0 Å². The van der Waals surface area contributed by atoms with E-state index < -0.39 is 43.1 Å². The highest BCUT2D eigenvalue weighted by atomic mass is 16.7. The van der Waals surface area contributed by atoms with Crippen molar-refractivity contribution >= 4 is 11.9 Å². The molecule has 0 aliphatic carbocycles. The molecule has 1 saturated heterocycles. The maximum absolute atomic E-state index is 10.8. The molecule has 0 aromatic heterocycles. The van der Waals surface area contributed by atoms with Gasteiger partial charge in [0.1, 0.15) is 6.10 Å². The molecule has 0 radical (unpaired) electrons. The summed E-state index contributed by atoms with van der Waals surface area (Å²) in [6.07, 6.45) is -4.42. The molecule has 0 amide bonds. The fraction of sp³-hybridized carbons (Fsp3) is 0.778. The van der Waals surface area contributed by atoms with Gasteiger partial charge < -0.3 is 24.4 Å². The van der Waals surface area contributed by atoms with E-state index in [0.717, 1.165) is 6.92 Å². The van der Waals surface area contributed by atoms with E-state index in [9.17, 15) is 14.7 Å². The van der Waals surface area contributed by atoms with Crippen molar-refractivity contribution in [1.82, 2.24) is 0 Å². The first-order chi connectivity index (χ1) is 7.45. The third-order valence-electron chi connectivity index (χ3n) is 2.07. The Morgan fingerprint density at radius 3 is 2.12 bits per heavy atom. The van der Waals surface area contributed by atoms with Crippen LogP contribution in [0.15, 0.2) is 0 Å². The standard InChI is InChI=1S/C9H14O7/c1-4(11)14-7-6(3-10)16-9(13)8(7)15-5(2)12/h6-10,13H,3H2,1-2H3/t6-,7+,8+,9+/m1/s1. The smallest absolute Gasteiger partial charge is 0.303 e. The fourth-order valence-electron chi connectivity index (χ4n) is 1.51. The lowest BCUT2D eigenvalue weighted by Gasteiger charge is -2.21. The van der Waals surface area contributed by atoms with Crippen molar-refractivity contribution in [2.24, 2.45) is 0 Å². The molecule has 0 aromatic rings. The summed E-state index contributed by atoms with van der Waals surface area (Å²) in [5.41, 5.74) is 0. The SMILES string of the molecule is CC(=O)O[C@@H]1[C@H](OC(C)=O)[C@@H](O)O[C@@H]1CO. The van der Waals surface area contributed by atoms with Gasteiger partial charge in [-0.3, -0.25) is 9.59 Å². The quantitative estimate of drug-likeness (QED) is 0.576. The van der Waals surface area contributed by atoms with E-state index in [1.807, 2.05) is 0 Å². The molecule has 92 valence electrons. The van der Waals surface area contributed by atoms with Crippen LogP contribution >= 0.6 is 0 Å². The van der Waals surface area contributed by atoms with Crippen LogP contribution < -0.4 is 0 Å². The monoisotopic (exact) mass is 234 g/mol. The van der Waals surface area contributed by atoms with Gasteiger partial charge >= 0.3 is 11.9 Å². The Kier molecular flexibility index (Phi) is 4.22. The average Bonchev–Trinajstić information content (AvgIpc) is 2.44. The van der Waals surface area contributed by atoms with Crippen LogP contribution in [-0.2, 0) is 23.8 Å². The lowest BCUT2D eigenvalue weighted by molar-refractivity contribution is -0.174. The van der Waals surface area contributed by atoms with Gasteiger partial charge in [-0.25, -0.2) is 0 Å². The molecular formula is C9H14O7. The number of ether oxygens (including phenoxy) is 3. The number of hydrogen-bond acceptors (Lipinski definition) is 7. The number of aliphatic hydroxyl groups excluding tert-OH is 2. The van der Waals surface area contributed by atoms with E-state index in [0.29, 0.717) is 0 Å². The Morgan fingerprint density at radius 1 is 1.19 bits per heavy atom. The number of aliphatic hydroxyl groups is 2. The van der Waals surface area contributed by atoms with Crippen LogP contribution in [0.2, 0.25) is 0 Å². The second kappa shape index (κ2) is 5.24. The first-order valence-electron chi connectivity index (χ1n) is 4.74. The van der Waals surface area contributed by atoms with Crippen molar-refractivity contribution in [2.75, 3.05) is 6.61 Å². The molecule has 2 N–H and O–H groups in total. The van der Waals surface area contributed by atoms with Crippen LogP contribution in [0.3, 0.4) is 0 Å². The Hall–Kier alpha value is -1.18. The Bertz CT molecular complexity index is 277. The summed E-state index contributed by atoms with van der Waals surface area (Å²) in [5.74, 6) is -1.25. The van der Waals surface area contributed by atoms with Gasteiger partial charge in [0, 0.05) is 13.8 Å². The average molecular weight is 234 g/mol. The second-order valence-corrected chi connectivity index (χ2v) is 3.40. The summed E-state index contributed by atoms with van der Waals surface area (Å²) < 4.78 is 14.5. The van der Waals surface area contributed by atoms with E-state index in [1.54, 1.807) is 0 Å². The number of rotatable bonds is 3. The van der Waals surface area contributed by atoms with E-state index in [4.69, 9.17) is 19.3 Å². The molecule has 0 unspecified atom stereocenters. The molecule has 4 atom stereocenters. The Labute approximate surface area is 91.9 Å². The topological polar surface area (TPSA) is 102 Å². The number of carbonyl (C=O) groups excluding carboxylic acids is 2. The number of hydrogen-bond donors (Lipinski definition) is 2. The van der Waals surface area contributed by atoms with Crippen molar-refractivity contribution < 1.29 is 34.0 Å². The minimum atomic E-state index is -1.41. The van der Waals surface area contributed by atoms with E-state index in [2.05, 4.69) is 0 Å². The first-order valence-corrected chi connectivity index (χ1v) is 4.74. The van der Waals surface area contributed by atoms with Crippen LogP contribution in [0.5, 0.6) is 0 Å². The summed E-state index contributed by atoms with van der Waals surface area (Å²) in [4.78, 5) is 21.6. The van der Waals surface area contributed by atoms with Crippen LogP contribution in [0.25, 0.3) is 0 Å². The molecule has 0 saturated carbocycles. The molecule has 1 aliphatic heterocycles. The maximum Gasteiger partial charge on any atom is 0.303 e. The third-order valence-corrected chi connectivity index (χ3v) is 2.07. The largest absolute Gasteiger partial charge is 0.455 e. The highest BCUT2D eigenvalue weighted by Gasteiger charge is 2.48. The van der Waals surface area contributed by atoms with Gasteiger partial charge in [0.2, 0.25) is 0 Å². The summed E-state index contributed by atoms with van der Waals surface area (Å²) >= 11 is 0. The van der Waals surface area contributed by atoms with E-state index in [1.165, 1.54) is 6.92 Å². The molecule has 7 nitrogen and oxygen atoms in total. The lowest BCUT2D eigenvalue weighted by atomic mass is 10.1. The van der Waals surface area contributed by atoms with Gasteiger partial charge in [-0.1, -0.05) is 0 Å². The predicted molar refractivity (Wildman–Crippen MR) is 49.1 cm³/mol. The van der Waals surface area contributed by atoms with E-state index >= 15 is 0 Å². The normalized spacial score (nSPS) is 33.5. The van der Waals surface area contributed by atoms with Crippen molar-refractivity contribution in [2.45, 2.75) is 38.4 Å². The van der Waals surface area contributed by atoms with Crippen LogP contribution in [0.1, 0.15) is 13.8 Å². The summed E-state index contributed by atoms with van der Waals surface area (Å²) in [5, 5.41) is 18.4. The minimum absolute atomic E-state index is 0.452. The molecule has 0 bridgehead atoms. The number of esters is 2. The third kappa shape index (κ3) is 2.91. The van der Waals surface area contributed by atoms with Crippen molar-refractivity contribution in [3.63, 3.8) is 0 Å². The maximum atomic E-state index is 10.8. The predicted octanol–water partition coefficient (Wildman–Crippen LogP) is -1.44. The van der Waals surface area contributed by atoms with Gasteiger partial charge in [-0.05, 0) is 0 Å². The molecular weight excluding hydrogens is 220 g/mol. The molecule has 0 aromatic carbocycles. The zero-order valence-electron chi connectivity index (χ0n) is 8.95. The zero-order chi connectivity index (χ0) is 12.3. The van der Waals surface area contributed by atoms with Gasteiger partial charge in [-0.2, -0.15) is 0 Å². The van der Waals surface area contributed by atoms with Gasteiger partial charge in [-0.15, -0.1) is 0 Å². The molecule has 1 fully saturated rings. The zero-order valence-corrected chi connectivity index (χ0v) is 8.95. The Balaban J connectivity index is 2.76. The molecule has 0 spiro atoms. The Morgan fingerprint density at radius 2 is 1.69 bits per heavy atom.